The van der Waals surface area contributed by atoms with E-state index >= 15 is 0 Å². The Labute approximate surface area is 104 Å². The van der Waals surface area contributed by atoms with Gasteiger partial charge < -0.3 is 10.3 Å². The Morgan fingerprint density at radius 3 is 2.81 bits per heavy atom. The molecule has 4 nitrogen and oxygen atoms in total. The summed E-state index contributed by atoms with van der Waals surface area (Å²) in [5.74, 6) is 0. The van der Waals surface area contributed by atoms with Gasteiger partial charge in [-0.25, -0.2) is 4.68 Å². The number of para-hydroxylation sites is 2. The van der Waals surface area contributed by atoms with Crippen LogP contribution in [0.5, 0.6) is 0 Å². The third-order valence-electron chi connectivity index (χ3n) is 2.37. The quantitative estimate of drug-likeness (QED) is 0.758. The highest BCUT2D eigenvalue weighted by molar-refractivity contribution is 7.80. The maximum absolute atomic E-state index is 5.27. The Hall–Kier alpha value is -1.40. The van der Waals surface area contributed by atoms with Gasteiger partial charge in [-0.05, 0) is 36.6 Å². The molecule has 6 heteroatoms. The van der Waals surface area contributed by atoms with Crippen molar-refractivity contribution in [3.63, 3.8) is 0 Å². The van der Waals surface area contributed by atoms with Crippen LogP contribution in [0.3, 0.4) is 0 Å². The summed E-state index contributed by atoms with van der Waals surface area (Å²) in [6.07, 6.45) is 0. The highest BCUT2D eigenvalue weighted by Gasteiger charge is 2.10. The van der Waals surface area contributed by atoms with E-state index in [0.717, 1.165) is 11.0 Å². The molecular formula is C10H12N4S2. The highest BCUT2D eigenvalue weighted by atomic mass is 32.1. The molecule has 0 unspecified atom stereocenters. The van der Waals surface area contributed by atoms with Gasteiger partial charge in [0.05, 0.1) is 11.0 Å². The zero-order chi connectivity index (χ0) is 11.7. The van der Waals surface area contributed by atoms with E-state index in [0.29, 0.717) is 9.88 Å². The lowest BCUT2D eigenvalue weighted by molar-refractivity contribution is 0.797. The standard InChI is InChI=1S/C10H12N4S2/c1-11-9(15)13(2)14-8-6-4-3-5-7(8)12-10(14)16/h3-6H,1-2H3,(H,11,15)(H,12,16). The van der Waals surface area contributed by atoms with Crippen molar-refractivity contribution in [2.45, 2.75) is 0 Å². The van der Waals surface area contributed by atoms with Crippen molar-refractivity contribution in [3.8, 4) is 0 Å². The van der Waals surface area contributed by atoms with E-state index in [-0.39, 0.29) is 0 Å². The van der Waals surface area contributed by atoms with Crippen LogP contribution in [0.2, 0.25) is 0 Å². The predicted octanol–water partition coefficient (Wildman–Crippen LogP) is 1.77. The molecule has 16 heavy (non-hydrogen) atoms. The first-order valence-electron chi connectivity index (χ1n) is 4.80. The van der Waals surface area contributed by atoms with Crippen LogP contribution in [0, 0.1) is 4.77 Å². The lowest BCUT2D eigenvalue weighted by Crippen LogP contribution is -2.42. The maximum Gasteiger partial charge on any atom is 0.197 e. The molecule has 84 valence electrons. The van der Waals surface area contributed by atoms with Gasteiger partial charge in [0.25, 0.3) is 0 Å². The van der Waals surface area contributed by atoms with Crippen molar-refractivity contribution in [1.82, 2.24) is 15.0 Å². The number of rotatable bonds is 1. The second-order valence-corrected chi connectivity index (χ2v) is 4.11. The van der Waals surface area contributed by atoms with Crippen molar-refractivity contribution in [1.29, 1.82) is 0 Å². The molecule has 2 aromatic rings. The zero-order valence-corrected chi connectivity index (χ0v) is 10.7. The second kappa shape index (κ2) is 4.23. The Bertz CT molecular complexity index is 584. The summed E-state index contributed by atoms with van der Waals surface area (Å²) >= 11 is 10.5. The third kappa shape index (κ3) is 1.70. The van der Waals surface area contributed by atoms with Gasteiger partial charge in [-0.1, -0.05) is 12.1 Å². The first-order valence-corrected chi connectivity index (χ1v) is 5.62. The number of aromatic amines is 1. The van der Waals surface area contributed by atoms with E-state index < -0.39 is 0 Å². The molecule has 2 N–H and O–H groups in total. The minimum atomic E-state index is 0.612. The summed E-state index contributed by atoms with van der Waals surface area (Å²) in [6, 6.07) is 7.92. The first-order chi connectivity index (χ1) is 7.65. The van der Waals surface area contributed by atoms with Crippen molar-refractivity contribution >= 4 is 40.6 Å². The number of nitrogens with one attached hydrogen (secondary N) is 2. The largest absolute Gasteiger partial charge is 0.364 e. The SMILES string of the molecule is CNC(=S)N(C)n1c(=S)[nH]c2ccccc21. The molecule has 0 aliphatic heterocycles. The second-order valence-electron chi connectivity index (χ2n) is 3.34. The van der Waals surface area contributed by atoms with Crippen LogP contribution in [0.25, 0.3) is 11.0 Å². The van der Waals surface area contributed by atoms with Crippen LogP contribution < -0.4 is 10.3 Å². The number of imidazole rings is 1. The topological polar surface area (TPSA) is 36.0 Å². The normalized spacial score (nSPS) is 10.4. The smallest absolute Gasteiger partial charge is 0.197 e. The number of thiocarbonyl (C=S) groups is 1. The van der Waals surface area contributed by atoms with Gasteiger partial charge in [0, 0.05) is 14.1 Å². The van der Waals surface area contributed by atoms with Gasteiger partial charge in [0.2, 0.25) is 0 Å². The van der Waals surface area contributed by atoms with Crippen molar-refractivity contribution in [3.05, 3.63) is 29.0 Å². The molecule has 1 aromatic heterocycles. The molecule has 0 atom stereocenters. The monoisotopic (exact) mass is 252 g/mol. The fourth-order valence-corrected chi connectivity index (χ4v) is 2.00. The Kier molecular flexibility index (Phi) is 2.93. The average Bonchev–Trinajstić information content (AvgIpc) is 2.63. The van der Waals surface area contributed by atoms with Crippen LogP contribution in [0.15, 0.2) is 24.3 Å². The van der Waals surface area contributed by atoms with E-state index in [1.54, 1.807) is 12.1 Å². The zero-order valence-electron chi connectivity index (χ0n) is 9.02. The third-order valence-corrected chi connectivity index (χ3v) is 3.12. The lowest BCUT2D eigenvalue weighted by atomic mass is 10.3. The summed E-state index contributed by atoms with van der Waals surface area (Å²) < 4.78 is 2.49. The lowest BCUT2D eigenvalue weighted by Gasteiger charge is -2.21. The van der Waals surface area contributed by atoms with E-state index in [2.05, 4.69) is 10.3 Å². The van der Waals surface area contributed by atoms with Gasteiger partial charge in [-0.3, -0.25) is 5.01 Å². The molecule has 1 heterocycles. The molecule has 0 bridgehead atoms. The molecular weight excluding hydrogens is 240 g/mol. The molecule has 0 radical (unpaired) electrons. The molecule has 2 rings (SSSR count). The maximum atomic E-state index is 5.27. The number of fused-ring (bicyclic) bond motifs is 1. The van der Waals surface area contributed by atoms with Crippen LogP contribution in [0.4, 0.5) is 0 Å². The summed E-state index contributed by atoms with van der Waals surface area (Å²) in [6.45, 7) is 0. The minimum Gasteiger partial charge on any atom is -0.364 e. The fraction of sp³-hybridized carbons (Fsp3) is 0.200. The van der Waals surface area contributed by atoms with E-state index in [1.165, 1.54) is 0 Å². The first kappa shape index (κ1) is 11.1. The summed E-state index contributed by atoms with van der Waals surface area (Å²) in [4.78, 5) is 3.14. The van der Waals surface area contributed by atoms with Crippen LogP contribution in [-0.2, 0) is 0 Å². The molecule has 0 spiro atoms. The van der Waals surface area contributed by atoms with Crippen molar-refractivity contribution in [2.24, 2.45) is 0 Å². The molecule has 0 fully saturated rings. The van der Waals surface area contributed by atoms with Crippen molar-refractivity contribution in [2.75, 3.05) is 19.1 Å². The fourth-order valence-electron chi connectivity index (χ4n) is 1.59. The number of H-pyrrole nitrogens is 1. The number of aromatic nitrogens is 2. The number of nitrogens with zero attached hydrogens (tertiary/aromatic N) is 2. The van der Waals surface area contributed by atoms with Gasteiger partial charge in [-0.2, -0.15) is 0 Å². The van der Waals surface area contributed by atoms with E-state index in [1.807, 2.05) is 36.0 Å². The number of hydrogen-bond acceptors (Lipinski definition) is 2. The summed E-state index contributed by atoms with van der Waals surface area (Å²) in [7, 11) is 3.66. The van der Waals surface area contributed by atoms with Crippen LogP contribution in [0.1, 0.15) is 0 Å². The Morgan fingerprint density at radius 1 is 1.44 bits per heavy atom. The molecule has 0 amide bonds. The van der Waals surface area contributed by atoms with Crippen molar-refractivity contribution < 1.29 is 0 Å². The minimum absolute atomic E-state index is 0.612. The summed E-state index contributed by atoms with van der Waals surface area (Å²) in [5, 5.41) is 5.34. The molecule has 1 aromatic carbocycles. The van der Waals surface area contributed by atoms with E-state index in [9.17, 15) is 0 Å². The van der Waals surface area contributed by atoms with Gasteiger partial charge >= 0.3 is 0 Å². The highest BCUT2D eigenvalue weighted by Crippen LogP contribution is 2.13. The molecule has 0 aliphatic carbocycles. The molecule has 0 aliphatic rings. The molecule has 0 saturated carbocycles. The van der Waals surface area contributed by atoms with E-state index in [4.69, 9.17) is 24.4 Å². The summed E-state index contributed by atoms with van der Waals surface area (Å²) in [5.41, 5.74) is 2.01. The average molecular weight is 252 g/mol. The Balaban J connectivity index is 2.64. The predicted molar refractivity (Wildman–Crippen MR) is 72.9 cm³/mol. The van der Waals surface area contributed by atoms with Gasteiger partial charge in [-0.15, -0.1) is 0 Å². The number of benzene rings is 1. The van der Waals surface area contributed by atoms with Gasteiger partial charge in [0.1, 0.15) is 0 Å². The van der Waals surface area contributed by atoms with Gasteiger partial charge in [0.15, 0.2) is 9.88 Å². The Morgan fingerprint density at radius 2 is 2.12 bits per heavy atom. The molecule has 0 saturated heterocycles. The van der Waals surface area contributed by atoms with Crippen LogP contribution >= 0.6 is 24.4 Å². The van der Waals surface area contributed by atoms with Crippen LogP contribution in [-0.4, -0.2) is 28.9 Å². The number of hydrogen-bond donors (Lipinski definition) is 2.